The van der Waals surface area contributed by atoms with E-state index in [0.29, 0.717) is 30.6 Å². The van der Waals surface area contributed by atoms with E-state index in [2.05, 4.69) is 0 Å². The molecule has 21 heavy (non-hydrogen) atoms. The molecule has 0 radical (unpaired) electrons. The van der Waals surface area contributed by atoms with Crippen molar-refractivity contribution in [3.63, 3.8) is 0 Å². The van der Waals surface area contributed by atoms with Crippen LogP contribution in [0.1, 0.15) is 29.6 Å². The highest BCUT2D eigenvalue weighted by atomic mass is 32.2. The Morgan fingerprint density at radius 2 is 1.95 bits per heavy atom. The van der Waals surface area contributed by atoms with E-state index in [0.717, 1.165) is 5.46 Å². The minimum atomic E-state index is -3.67. The van der Waals surface area contributed by atoms with Crippen LogP contribution in [0, 0.1) is 0 Å². The summed E-state index contributed by atoms with van der Waals surface area (Å²) in [4.78, 5) is 12.4. The molecule has 1 aromatic rings. The zero-order valence-electron chi connectivity index (χ0n) is 11.8. The standard InChI is InChI=1S/C13H17BN2O4S/c14-9-1-2-12-10(7-9)11(17)8-13(20-12)3-5-16(6-4-13)21(15,18)19/h1-2,7H,3-6,8,14H2,(H2,15,18,19). The summed E-state index contributed by atoms with van der Waals surface area (Å²) in [5.74, 6) is 0.657. The number of ketones is 1. The maximum Gasteiger partial charge on any atom is 0.276 e. The zero-order chi connectivity index (χ0) is 15.3. The summed E-state index contributed by atoms with van der Waals surface area (Å²) in [6, 6.07) is 5.56. The number of ether oxygens (including phenoxy) is 1. The third kappa shape index (κ3) is 2.70. The highest BCUT2D eigenvalue weighted by Crippen LogP contribution is 2.39. The van der Waals surface area contributed by atoms with Gasteiger partial charge in [0.2, 0.25) is 0 Å². The number of hydrogen-bond donors (Lipinski definition) is 1. The van der Waals surface area contributed by atoms with E-state index in [1.165, 1.54) is 4.31 Å². The number of hydrogen-bond acceptors (Lipinski definition) is 4. The van der Waals surface area contributed by atoms with E-state index in [-0.39, 0.29) is 18.9 Å². The molecule has 1 fully saturated rings. The molecule has 2 aliphatic heterocycles. The van der Waals surface area contributed by atoms with Crippen molar-refractivity contribution in [1.82, 2.24) is 4.31 Å². The monoisotopic (exact) mass is 308 g/mol. The Morgan fingerprint density at radius 1 is 1.29 bits per heavy atom. The molecule has 0 bridgehead atoms. The fourth-order valence-electron chi connectivity index (χ4n) is 3.03. The average molecular weight is 308 g/mol. The van der Waals surface area contributed by atoms with Crippen molar-refractivity contribution >= 4 is 29.3 Å². The Kier molecular flexibility index (Phi) is 3.35. The molecule has 112 valence electrons. The van der Waals surface area contributed by atoms with Crippen LogP contribution < -0.4 is 15.3 Å². The van der Waals surface area contributed by atoms with Crippen LogP contribution in [0.3, 0.4) is 0 Å². The summed E-state index contributed by atoms with van der Waals surface area (Å²) in [6.07, 6.45) is 1.24. The third-order valence-electron chi connectivity index (χ3n) is 4.24. The molecule has 2 heterocycles. The van der Waals surface area contributed by atoms with Crippen LogP contribution in [0.15, 0.2) is 18.2 Å². The first kappa shape index (κ1) is 14.6. The molecule has 1 aromatic carbocycles. The molecule has 2 aliphatic rings. The van der Waals surface area contributed by atoms with E-state index in [4.69, 9.17) is 9.88 Å². The minimum absolute atomic E-state index is 0.0593. The third-order valence-corrected chi connectivity index (χ3v) is 5.32. The second-order valence-corrected chi connectivity index (χ2v) is 7.37. The molecule has 8 heteroatoms. The van der Waals surface area contributed by atoms with Crippen molar-refractivity contribution in [3.8, 4) is 5.75 Å². The van der Waals surface area contributed by atoms with Crippen molar-refractivity contribution in [2.45, 2.75) is 24.9 Å². The predicted octanol–water partition coefficient (Wildman–Crippen LogP) is -1.05. The Hall–Kier alpha value is -1.38. The maximum absolute atomic E-state index is 12.4. The van der Waals surface area contributed by atoms with E-state index >= 15 is 0 Å². The van der Waals surface area contributed by atoms with Crippen LogP contribution in [-0.4, -0.2) is 45.0 Å². The fraction of sp³-hybridized carbons (Fsp3) is 0.462. The number of rotatable bonds is 1. The zero-order valence-corrected chi connectivity index (χ0v) is 12.6. The number of Topliss-reactive ketones (excluding diaryl/α,β-unsaturated/α-hetero) is 1. The molecule has 0 amide bonds. The van der Waals surface area contributed by atoms with E-state index in [1.54, 1.807) is 0 Å². The number of carbonyl (C=O) groups is 1. The van der Waals surface area contributed by atoms with Crippen LogP contribution in [0.2, 0.25) is 0 Å². The van der Waals surface area contributed by atoms with Gasteiger partial charge in [-0.3, -0.25) is 4.79 Å². The maximum atomic E-state index is 12.4. The number of carbonyl (C=O) groups excluding carboxylic acids is 1. The van der Waals surface area contributed by atoms with Gasteiger partial charge in [-0.15, -0.1) is 0 Å². The molecular weight excluding hydrogens is 291 g/mol. The van der Waals surface area contributed by atoms with Crippen molar-refractivity contribution in [1.29, 1.82) is 0 Å². The molecule has 3 rings (SSSR count). The lowest BCUT2D eigenvalue weighted by Crippen LogP contribution is -2.53. The molecule has 0 aromatic heterocycles. The average Bonchev–Trinajstić information content (AvgIpc) is 2.39. The van der Waals surface area contributed by atoms with Gasteiger partial charge in [0.15, 0.2) is 5.78 Å². The first-order valence-electron chi connectivity index (χ1n) is 6.90. The molecule has 1 spiro atoms. The van der Waals surface area contributed by atoms with E-state index < -0.39 is 15.8 Å². The van der Waals surface area contributed by atoms with Gasteiger partial charge < -0.3 is 4.74 Å². The minimum Gasteiger partial charge on any atom is -0.486 e. The number of piperidine rings is 1. The largest absolute Gasteiger partial charge is 0.486 e. The lowest BCUT2D eigenvalue weighted by atomic mass is 9.81. The molecule has 0 aliphatic carbocycles. The smallest absolute Gasteiger partial charge is 0.276 e. The summed E-state index contributed by atoms with van der Waals surface area (Å²) in [5.41, 5.74) is 1.04. The summed E-state index contributed by atoms with van der Waals surface area (Å²) in [5, 5.41) is 5.14. The number of fused-ring (bicyclic) bond motifs is 1. The van der Waals surface area contributed by atoms with Crippen LogP contribution in [0.25, 0.3) is 0 Å². The quantitative estimate of drug-likeness (QED) is 0.670. The lowest BCUT2D eigenvalue weighted by Gasteiger charge is -2.43. The molecule has 6 nitrogen and oxygen atoms in total. The van der Waals surface area contributed by atoms with E-state index in [1.807, 2.05) is 26.0 Å². The van der Waals surface area contributed by atoms with Crippen molar-refractivity contribution < 1.29 is 17.9 Å². The van der Waals surface area contributed by atoms with Crippen molar-refractivity contribution in [2.24, 2.45) is 5.14 Å². The Balaban J connectivity index is 1.84. The normalized spacial score (nSPS) is 21.9. The Bertz CT molecular complexity index is 696. The number of nitrogens with two attached hydrogens (primary N) is 1. The first-order chi connectivity index (χ1) is 9.79. The highest BCUT2D eigenvalue weighted by Gasteiger charge is 2.44. The van der Waals surface area contributed by atoms with Crippen LogP contribution in [0.4, 0.5) is 0 Å². The molecule has 0 unspecified atom stereocenters. The van der Waals surface area contributed by atoms with Gasteiger partial charge in [0, 0.05) is 25.9 Å². The second kappa shape index (κ2) is 4.83. The van der Waals surface area contributed by atoms with Crippen molar-refractivity contribution in [2.75, 3.05) is 13.1 Å². The second-order valence-electron chi connectivity index (χ2n) is 5.83. The number of benzene rings is 1. The topological polar surface area (TPSA) is 89.7 Å². The summed E-state index contributed by atoms with van der Waals surface area (Å²) in [7, 11) is -1.73. The highest BCUT2D eigenvalue weighted by molar-refractivity contribution is 7.86. The van der Waals surface area contributed by atoms with Gasteiger partial charge in [0.1, 0.15) is 19.2 Å². The predicted molar refractivity (Wildman–Crippen MR) is 80.8 cm³/mol. The Labute approximate surface area is 124 Å². The van der Waals surface area contributed by atoms with Gasteiger partial charge >= 0.3 is 0 Å². The van der Waals surface area contributed by atoms with Crippen LogP contribution in [-0.2, 0) is 10.2 Å². The van der Waals surface area contributed by atoms with Crippen LogP contribution in [0.5, 0.6) is 5.75 Å². The van der Waals surface area contributed by atoms with Gasteiger partial charge in [0.05, 0.1) is 12.0 Å². The van der Waals surface area contributed by atoms with Crippen molar-refractivity contribution in [3.05, 3.63) is 23.8 Å². The van der Waals surface area contributed by atoms with E-state index in [9.17, 15) is 13.2 Å². The lowest BCUT2D eigenvalue weighted by molar-refractivity contribution is 0.00595. The van der Waals surface area contributed by atoms with Gasteiger partial charge in [-0.2, -0.15) is 12.7 Å². The first-order valence-corrected chi connectivity index (χ1v) is 8.40. The van der Waals surface area contributed by atoms with Gasteiger partial charge in [0.25, 0.3) is 10.2 Å². The van der Waals surface area contributed by atoms with Crippen LogP contribution >= 0.6 is 0 Å². The fourth-order valence-corrected chi connectivity index (χ4v) is 3.73. The SMILES string of the molecule is Bc1ccc2c(c1)C(=O)CC1(CCN(S(N)(=O)=O)CC1)O2. The Morgan fingerprint density at radius 3 is 2.57 bits per heavy atom. The molecule has 0 saturated carbocycles. The molecule has 2 N–H and O–H groups in total. The summed E-state index contributed by atoms with van der Waals surface area (Å²) >= 11 is 0. The van der Waals surface area contributed by atoms with Gasteiger partial charge in [-0.05, 0) is 6.07 Å². The number of nitrogens with zero attached hydrogens (tertiary/aromatic N) is 1. The summed E-state index contributed by atoms with van der Waals surface area (Å²) in [6.45, 7) is 0.570. The molecule has 0 atom stereocenters. The molecule has 1 saturated heterocycles. The molecular formula is C13H17BN2O4S. The van der Waals surface area contributed by atoms with Gasteiger partial charge in [-0.25, -0.2) is 5.14 Å². The summed E-state index contributed by atoms with van der Waals surface area (Å²) < 4.78 is 30.0. The van der Waals surface area contributed by atoms with Gasteiger partial charge in [-0.1, -0.05) is 17.6 Å².